The van der Waals surface area contributed by atoms with Crippen LogP contribution in [0.5, 0.6) is 5.75 Å². The Morgan fingerprint density at radius 2 is 1.97 bits per heavy atom. The predicted octanol–water partition coefficient (Wildman–Crippen LogP) is 4.19. The van der Waals surface area contributed by atoms with Gasteiger partial charge in [0.1, 0.15) is 23.2 Å². The molecule has 6 nitrogen and oxygen atoms in total. The monoisotopic (exact) mass is 439 g/mol. The molecule has 1 fully saturated rings. The molecule has 1 N–H and O–H groups in total. The van der Waals surface area contributed by atoms with Gasteiger partial charge in [0.2, 0.25) is 5.91 Å². The lowest BCUT2D eigenvalue weighted by Gasteiger charge is -2.20. The molecule has 0 radical (unpaired) electrons. The second-order valence-electron chi connectivity index (χ2n) is 7.87. The van der Waals surface area contributed by atoms with Gasteiger partial charge in [0.15, 0.2) is 5.75 Å². The first-order chi connectivity index (χ1) is 15.4. The van der Waals surface area contributed by atoms with Gasteiger partial charge >= 0.3 is 0 Å². The van der Waals surface area contributed by atoms with Crippen LogP contribution in [0.15, 0.2) is 54.7 Å². The molecular weight excluding hydrogens is 416 g/mol. The second kappa shape index (κ2) is 9.00. The molecule has 1 aliphatic rings. The number of amides is 1. The van der Waals surface area contributed by atoms with Crippen molar-refractivity contribution in [3.05, 3.63) is 83.4 Å². The van der Waals surface area contributed by atoms with Crippen molar-refractivity contribution in [1.82, 2.24) is 9.97 Å². The molecule has 0 saturated heterocycles. The van der Waals surface area contributed by atoms with Crippen LogP contribution >= 0.6 is 0 Å². The van der Waals surface area contributed by atoms with Crippen molar-refractivity contribution in [1.29, 1.82) is 0 Å². The average molecular weight is 439 g/mol. The quantitative estimate of drug-likeness (QED) is 0.570. The van der Waals surface area contributed by atoms with Crippen molar-refractivity contribution in [2.24, 2.45) is 5.92 Å². The number of carbonyl (C=O) groups is 1. The number of rotatable bonds is 8. The maximum absolute atomic E-state index is 13.5. The molecule has 32 heavy (non-hydrogen) atoms. The molecule has 1 heterocycles. The molecule has 1 aromatic heterocycles. The molecule has 0 bridgehead atoms. The molecule has 1 saturated carbocycles. The maximum atomic E-state index is 13.5. The van der Waals surface area contributed by atoms with E-state index in [1.54, 1.807) is 38.4 Å². The molecule has 4 rings (SSSR count). The molecule has 2 atom stereocenters. The van der Waals surface area contributed by atoms with Gasteiger partial charge in [0, 0.05) is 18.2 Å². The first kappa shape index (κ1) is 21.8. The number of anilines is 1. The summed E-state index contributed by atoms with van der Waals surface area (Å²) in [4.78, 5) is 21.5. The van der Waals surface area contributed by atoms with Crippen LogP contribution in [0.4, 0.5) is 14.5 Å². The Morgan fingerprint density at radius 3 is 2.69 bits per heavy atom. The molecule has 2 aromatic carbocycles. The Labute approximate surface area is 184 Å². The Balaban J connectivity index is 1.57. The first-order valence-corrected chi connectivity index (χ1v) is 10.2. The topological polar surface area (TPSA) is 73.3 Å². The third-order valence-corrected chi connectivity index (χ3v) is 5.62. The lowest BCUT2D eigenvalue weighted by molar-refractivity contribution is -0.117. The summed E-state index contributed by atoms with van der Waals surface area (Å²) in [6, 6.07) is 11.8. The van der Waals surface area contributed by atoms with Crippen molar-refractivity contribution >= 4 is 11.6 Å². The van der Waals surface area contributed by atoms with Crippen LogP contribution < -0.4 is 10.1 Å². The highest BCUT2D eigenvalue weighted by Gasteiger charge is 2.60. The van der Waals surface area contributed by atoms with Gasteiger partial charge in [0.05, 0.1) is 25.3 Å². The molecule has 0 aliphatic heterocycles. The van der Waals surface area contributed by atoms with Crippen LogP contribution in [0.2, 0.25) is 0 Å². The van der Waals surface area contributed by atoms with Crippen LogP contribution in [0.1, 0.15) is 23.5 Å². The van der Waals surface area contributed by atoms with Gasteiger partial charge in [-0.2, -0.15) is 0 Å². The van der Waals surface area contributed by atoms with Crippen LogP contribution in [0, 0.1) is 24.5 Å². The normalized spacial score (nSPS) is 19.4. The van der Waals surface area contributed by atoms with E-state index in [1.165, 1.54) is 30.3 Å². The van der Waals surface area contributed by atoms with Gasteiger partial charge in [-0.05, 0) is 49.2 Å². The lowest BCUT2D eigenvalue weighted by Crippen LogP contribution is -2.27. The largest absolute Gasteiger partial charge is 0.489 e. The van der Waals surface area contributed by atoms with Gasteiger partial charge in [-0.3, -0.25) is 4.79 Å². The number of hydrogen-bond acceptors (Lipinski definition) is 5. The van der Waals surface area contributed by atoms with Gasteiger partial charge in [0.25, 0.3) is 0 Å². The number of benzene rings is 2. The minimum absolute atomic E-state index is 0.170. The van der Waals surface area contributed by atoms with Gasteiger partial charge in [-0.25, -0.2) is 18.7 Å². The molecule has 1 amide bonds. The Bertz CT molecular complexity index is 1120. The maximum Gasteiger partial charge on any atom is 0.228 e. The van der Waals surface area contributed by atoms with Crippen molar-refractivity contribution in [2.45, 2.75) is 25.4 Å². The highest BCUT2D eigenvalue weighted by Crippen LogP contribution is 2.55. The number of halogens is 2. The average Bonchev–Trinajstić information content (AvgIpc) is 3.50. The first-order valence-electron chi connectivity index (χ1n) is 10.2. The minimum atomic E-state index is -0.652. The molecule has 166 valence electrons. The standard InChI is InChI=1S/C24H23F2N3O3/c1-15-27-12-22(21(28-15)13-31-2)32-14-24(16-6-8-17(25)9-7-16)11-20(24)23(30)29-19-5-3-4-18(26)10-19/h3-10,12,20H,11,13-14H2,1-2H3,(H,29,30)/t20-,24+/m0/s1. The smallest absolute Gasteiger partial charge is 0.228 e. The number of carbonyl (C=O) groups excluding carboxylic acids is 1. The highest BCUT2D eigenvalue weighted by molar-refractivity contribution is 5.96. The number of ether oxygens (including phenoxy) is 2. The van der Waals surface area contributed by atoms with E-state index in [2.05, 4.69) is 15.3 Å². The van der Waals surface area contributed by atoms with Crippen molar-refractivity contribution in [3.63, 3.8) is 0 Å². The zero-order valence-corrected chi connectivity index (χ0v) is 17.8. The summed E-state index contributed by atoms with van der Waals surface area (Å²) in [7, 11) is 1.56. The Hall–Kier alpha value is -3.39. The fourth-order valence-electron chi connectivity index (χ4n) is 3.86. The molecular formula is C24H23F2N3O3. The van der Waals surface area contributed by atoms with Gasteiger partial charge in [-0.15, -0.1) is 0 Å². The minimum Gasteiger partial charge on any atom is -0.489 e. The van der Waals surface area contributed by atoms with E-state index in [9.17, 15) is 13.6 Å². The van der Waals surface area contributed by atoms with Crippen molar-refractivity contribution in [3.8, 4) is 5.75 Å². The highest BCUT2D eigenvalue weighted by atomic mass is 19.1. The summed E-state index contributed by atoms with van der Waals surface area (Å²) < 4.78 is 38.3. The van der Waals surface area contributed by atoms with Gasteiger partial charge in [-0.1, -0.05) is 18.2 Å². The molecule has 8 heteroatoms. The fourth-order valence-corrected chi connectivity index (χ4v) is 3.86. The number of hydrogen-bond donors (Lipinski definition) is 1. The van der Waals surface area contributed by atoms with E-state index in [4.69, 9.17) is 9.47 Å². The zero-order chi connectivity index (χ0) is 22.7. The van der Waals surface area contributed by atoms with Crippen molar-refractivity contribution < 1.29 is 23.0 Å². The molecule has 0 unspecified atom stereocenters. The summed E-state index contributed by atoms with van der Waals surface area (Å²) >= 11 is 0. The second-order valence-corrected chi connectivity index (χ2v) is 7.87. The number of methoxy groups -OCH3 is 1. The molecule has 0 spiro atoms. The van der Waals surface area contributed by atoms with E-state index in [-0.39, 0.29) is 24.9 Å². The Kier molecular flexibility index (Phi) is 6.14. The predicted molar refractivity (Wildman–Crippen MR) is 114 cm³/mol. The molecule has 1 aliphatic carbocycles. The number of aryl methyl sites for hydroxylation is 1. The summed E-state index contributed by atoms with van der Waals surface area (Å²) in [5.41, 5.74) is 1.13. The van der Waals surface area contributed by atoms with E-state index in [0.717, 1.165) is 5.56 Å². The summed E-state index contributed by atoms with van der Waals surface area (Å²) in [5.74, 6) is -0.405. The van der Waals surface area contributed by atoms with E-state index < -0.39 is 17.2 Å². The van der Waals surface area contributed by atoms with E-state index >= 15 is 0 Å². The SMILES string of the molecule is COCc1nc(C)ncc1OC[C@@]1(c2ccc(F)cc2)C[C@H]1C(=O)Nc1cccc(F)c1. The summed E-state index contributed by atoms with van der Waals surface area (Å²) in [6.07, 6.45) is 2.09. The third-order valence-electron chi connectivity index (χ3n) is 5.62. The zero-order valence-electron chi connectivity index (χ0n) is 17.8. The van der Waals surface area contributed by atoms with E-state index in [0.29, 0.717) is 29.4 Å². The van der Waals surface area contributed by atoms with Crippen LogP contribution in [0.3, 0.4) is 0 Å². The van der Waals surface area contributed by atoms with Crippen LogP contribution in [-0.4, -0.2) is 29.6 Å². The fraction of sp³-hybridized carbons (Fsp3) is 0.292. The number of nitrogens with zero attached hydrogens (tertiary/aromatic N) is 2. The summed E-state index contributed by atoms with van der Waals surface area (Å²) in [5, 5.41) is 2.76. The Morgan fingerprint density at radius 1 is 1.19 bits per heavy atom. The summed E-state index contributed by atoms with van der Waals surface area (Å²) in [6.45, 7) is 2.20. The number of nitrogens with one attached hydrogen (secondary N) is 1. The molecule has 3 aromatic rings. The van der Waals surface area contributed by atoms with Gasteiger partial charge < -0.3 is 14.8 Å². The number of aromatic nitrogens is 2. The van der Waals surface area contributed by atoms with Crippen LogP contribution in [0.25, 0.3) is 0 Å². The third kappa shape index (κ3) is 4.60. The van der Waals surface area contributed by atoms with E-state index in [1.807, 2.05) is 0 Å². The lowest BCUT2D eigenvalue weighted by atomic mass is 9.93. The van der Waals surface area contributed by atoms with Crippen molar-refractivity contribution in [2.75, 3.05) is 19.0 Å². The van der Waals surface area contributed by atoms with Crippen LogP contribution in [-0.2, 0) is 21.6 Å².